The first-order valence-corrected chi connectivity index (χ1v) is 10.5. The molecule has 10 heteroatoms. The molecule has 4 atom stereocenters. The monoisotopic (exact) mass is 421 g/mol. The number of nitrogens with one attached hydrogen (secondary N) is 2. The number of hydrogen-bond acceptors (Lipinski definition) is 7. The van der Waals surface area contributed by atoms with E-state index in [1.165, 1.54) is 6.33 Å². The van der Waals surface area contributed by atoms with E-state index in [2.05, 4.69) is 20.6 Å². The van der Waals surface area contributed by atoms with Crippen molar-refractivity contribution in [2.24, 2.45) is 0 Å². The second-order valence-corrected chi connectivity index (χ2v) is 7.70. The fourth-order valence-corrected chi connectivity index (χ4v) is 3.80. The van der Waals surface area contributed by atoms with Gasteiger partial charge in [-0.15, -0.1) is 0 Å². The van der Waals surface area contributed by atoms with Gasteiger partial charge in [0.2, 0.25) is 5.91 Å². The van der Waals surface area contributed by atoms with Gasteiger partial charge in [-0.3, -0.25) is 4.79 Å². The number of fused-ring (bicyclic) bond motifs is 1. The Hall–Kier alpha value is -2.30. The van der Waals surface area contributed by atoms with Gasteiger partial charge in [-0.25, -0.2) is 14.8 Å². The van der Waals surface area contributed by atoms with Gasteiger partial charge in [0.25, 0.3) is 0 Å². The van der Waals surface area contributed by atoms with Gasteiger partial charge in [-0.1, -0.05) is 6.92 Å². The van der Waals surface area contributed by atoms with Gasteiger partial charge >= 0.3 is 6.03 Å². The lowest BCUT2D eigenvalue weighted by Gasteiger charge is -2.44. The third-order valence-electron chi connectivity index (χ3n) is 5.29. The van der Waals surface area contributed by atoms with Crippen molar-refractivity contribution in [3.8, 4) is 0 Å². The molecule has 2 fully saturated rings. The molecule has 0 bridgehead atoms. The van der Waals surface area contributed by atoms with Crippen molar-refractivity contribution in [1.82, 2.24) is 25.5 Å². The van der Waals surface area contributed by atoms with Gasteiger partial charge in [-0.2, -0.15) is 0 Å². The molecule has 166 valence electrons. The minimum absolute atomic E-state index is 0.114. The van der Waals surface area contributed by atoms with E-state index in [1.54, 1.807) is 17.2 Å². The quantitative estimate of drug-likeness (QED) is 0.599. The summed E-state index contributed by atoms with van der Waals surface area (Å²) in [4.78, 5) is 34.6. The number of urea groups is 1. The minimum Gasteiger partial charge on any atom is -0.389 e. The molecule has 3 amide bonds. The molecule has 2 aliphatic heterocycles. The average Bonchev–Trinajstić information content (AvgIpc) is 2.74. The zero-order valence-electron chi connectivity index (χ0n) is 17.3. The van der Waals surface area contributed by atoms with E-state index in [0.29, 0.717) is 25.9 Å². The summed E-state index contributed by atoms with van der Waals surface area (Å²) in [6.45, 7) is 3.53. The number of aliphatic hydroxyl groups excluding tert-OH is 1. The van der Waals surface area contributed by atoms with Crippen molar-refractivity contribution in [1.29, 1.82) is 0 Å². The third kappa shape index (κ3) is 6.35. The molecule has 0 unspecified atom stereocenters. The lowest BCUT2D eigenvalue weighted by molar-refractivity contribution is -0.150. The Bertz CT molecular complexity index is 691. The molecule has 30 heavy (non-hydrogen) atoms. The predicted molar refractivity (Wildman–Crippen MR) is 107 cm³/mol. The number of ether oxygens (including phenoxy) is 2. The highest BCUT2D eigenvalue weighted by Gasteiger charge is 2.39. The number of rotatable bonds is 6. The Morgan fingerprint density at radius 2 is 2.17 bits per heavy atom. The third-order valence-corrected chi connectivity index (χ3v) is 5.29. The first-order valence-electron chi connectivity index (χ1n) is 10.5. The highest BCUT2D eigenvalue weighted by molar-refractivity contribution is 5.76. The van der Waals surface area contributed by atoms with Crippen LogP contribution in [0, 0.1) is 0 Å². The Labute approximate surface area is 176 Å². The molecule has 2 saturated heterocycles. The number of carbonyl (C=O) groups is 2. The molecular formula is C20H31N5O5. The van der Waals surface area contributed by atoms with Crippen LogP contribution in [0.1, 0.15) is 38.3 Å². The van der Waals surface area contributed by atoms with Crippen LogP contribution in [-0.4, -0.2) is 82.6 Å². The molecule has 1 aromatic rings. The maximum Gasteiger partial charge on any atom is 0.317 e. The first-order chi connectivity index (χ1) is 14.6. The average molecular weight is 421 g/mol. The van der Waals surface area contributed by atoms with E-state index in [0.717, 1.165) is 12.1 Å². The number of β-amino-alcohol motifs (C(OH)–C–C–N with tert-alkyl or cyclic N) is 1. The van der Waals surface area contributed by atoms with E-state index in [-0.39, 0.29) is 56.4 Å². The molecule has 0 aromatic carbocycles. The van der Waals surface area contributed by atoms with Gasteiger partial charge in [-0.05, 0) is 25.3 Å². The second kappa shape index (κ2) is 11.2. The molecule has 0 saturated carbocycles. The second-order valence-electron chi connectivity index (χ2n) is 7.70. The lowest BCUT2D eigenvalue weighted by Crippen LogP contribution is -2.59. The van der Waals surface area contributed by atoms with Crippen LogP contribution in [0.25, 0.3) is 0 Å². The molecule has 1 aromatic heterocycles. The van der Waals surface area contributed by atoms with Crippen molar-refractivity contribution in [2.45, 2.75) is 63.5 Å². The molecule has 0 radical (unpaired) electrons. The highest BCUT2D eigenvalue weighted by atomic mass is 16.5. The van der Waals surface area contributed by atoms with E-state index in [9.17, 15) is 14.7 Å². The van der Waals surface area contributed by atoms with Crippen LogP contribution in [0.4, 0.5) is 4.79 Å². The Balaban J connectivity index is 1.55. The highest BCUT2D eigenvalue weighted by Crippen LogP contribution is 2.27. The summed E-state index contributed by atoms with van der Waals surface area (Å²) in [6.07, 6.45) is 4.17. The Morgan fingerprint density at radius 3 is 2.93 bits per heavy atom. The van der Waals surface area contributed by atoms with Crippen LogP contribution in [0.15, 0.2) is 18.6 Å². The number of hydrogen-bond donors (Lipinski definition) is 3. The molecule has 0 aliphatic carbocycles. The molecule has 3 rings (SSSR count). The predicted octanol–water partition coefficient (Wildman–Crippen LogP) is 0.212. The van der Waals surface area contributed by atoms with Crippen LogP contribution < -0.4 is 10.6 Å². The minimum atomic E-state index is -0.733. The van der Waals surface area contributed by atoms with Gasteiger partial charge < -0.3 is 30.1 Å². The summed E-state index contributed by atoms with van der Waals surface area (Å²) in [5, 5.41) is 15.9. The topological polar surface area (TPSA) is 126 Å². The van der Waals surface area contributed by atoms with E-state index >= 15 is 0 Å². The van der Waals surface area contributed by atoms with Crippen LogP contribution in [0.5, 0.6) is 0 Å². The number of aromatic nitrogens is 2. The summed E-state index contributed by atoms with van der Waals surface area (Å²) in [7, 11) is 0. The number of carbonyl (C=O) groups excluding carboxylic acids is 2. The van der Waals surface area contributed by atoms with E-state index < -0.39 is 6.10 Å². The molecule has 2 aliphatic rings. The molecule has 10 nitrogen and oxygen atoms in total. The number of amides is 3. The van der Waals surface area contributed by atoms with Crippen LogP contribution in [0.3, 0.4) is 0 Å². The first kappa shape index (κ1) is 22.4. The fourth-order valence-electron chi connectivity index (χ4n) is 3.80. The van der Waals surface area contributed by atoms with Gasteiger partial charge in [0.1, 0.15) is 12.4 Å². The van der Waals surface area contributed by atoms with Crippen LogP contribution in [-0.2, 0) is 20.8 Å². The molecule has 3 N–H and O–H groups in total. The normalized spacial score (nSPS) is 26.8. The smallest absolute Gasteiger partial charge is 0.317 e. The molecule has 3 heterocycles. The van der Waals surface area contributed by atoms with Crippen molar-refractivity contribution in [3.63, 3.8) is 0 Å². The van der Waals surface area contributed by atoms with Gasteiger partial charge in [0.15, 0.2) is 0 Å². The Morgan fingerprint density at radius 1 is 1.30 bits per heavy atom. The molecular weight excluding hydrogens is 390 g/mol. The fraction of sp³-hybridized carbons (Fsp3) is 0.700. The SMILES string of the molecule is CCCNC(=O)N1C[C@H](O)COC[C@@H]2O[C@@H](CC(=O)NCc3ccncn3)CC[C@H]21. The zero-order chi connectivity index (χ0) is 21.3. The van der Waals surface area contributed by atoms with Crippen molar-refractivity contribution < 1.29 is 24.2 Å². The number of nitrogens with zero attached hydrogens (tertiary/aromatic N) is 3. The van der Waals surface area contributed by atoms with Crippen molar-refractivity contribution >= 4 is 11.9 Å². The maximum absolute atomic E-state index is 12.6. The maximum atomic E-state index is 12.6. The Kier molecular flexibility index (Phi) is 8.35. The standard InChI is InChI=1S/C20H31N5O5/c1-2-6-22-20(28)25-10-15(26)11-29-12-18-17(25)4-3-16(30-18)8-19(27)23-9-14-5-7-21-13-24-14/h5,7,13,15-18,26H,2-4,6,8-12H2,1H3,(H,22,28)(H,23,27)/t15-,16+,17+,18-/m0/s1. The van der Waals surface area contributed by atoms with Gasteiger partial charge in [0.05, 0.1) is 56.7 Å². The summed E-state index contributed by atoms with van der Waals surface area (Å²) >= 11 is 0. The summed E-state index contributed by atoms with van der Waals surface area (Å²) in [5.74, 6) is -0.114. The largest absolute Gasteiger partial charge is 0.389 e. The zero-order valence-corrected chi connectivity index (χ0v) is 17.3. The summed E-state index contributed by atoms with van der Waals surface area (Å²) < 4.78 is 11.7. The van der Waals surface area contributed by atoms with Crippen LogP contribution >= 0.6 is 0 Å². The summed E-state index contributed by atoms with van der Waals surface area (Å²) in [6, 6.07) is 1.36. The van der Waals surface area contributed by atoms with Crippen molar-refractivity contribution in [3.05, 3.63) is 24.3 Å². The summed E-state index contributed by atoms with van der Waals surface area (Å²) in [5.41, 5.74) is 0.740. The van der Waals surface area contributed by atoms with Crippen molar-refractivity contribution in [2.75, 3.05) is 26.3 Å². The van der Waals surface area contributed by atoms with Crippen LogP contribution in [0.2, 0.25) is 0 Å². The molecule has 0 spiro atoms. The van der Waals surface area contributed by atoms with E-state index in [1.807, 2.05) is 6.92 Å². The lowest BCUT2D eigenvalue weighted by atomic mass is 9.95. The van der Waals surface area contributed by atoms with Gasteiger partial charge in [0, 0.05) is 12.7 Å². The van der Waals surface area contributed by atoms with E-state index in [4.69, 9.17) is 9.47 Å². The number of aliphatic hydroxyl groups is 1.